The van der Waals surface area contributed by atoms with Crippen molar-refractivity contribution in [2.75, 3.05) is 19.6 Å². The molecule has 1 heterocycles. The van der Waals surface area contributed by atoms with Gasteiger partial charge in [0.25, 0.3) is 0 Å². The fourth-order valence-electron chi connectivity index (χ4n) is 2.14. The Morgan fingerprint density at radius 3 is 2.53 bits per heavy atom. The molecule has 112 valence electrons. The van der Waals surface area contributed by atoms with Gasteiger partial charge in [-0.2, -0.15) is 13.2 Å². The van der Waals surface area contributed by atoms with Gasteiger partial charge < -0.3 is 5.32 Å². The second-order valence-corrected chi connectivity index (χ2v) is 5.72. The number of hydrogen-bond acceptors (Lipinski definition) is 2. The lowest BCUT2D eigenvalue weighted by molar-refractivity contribution is -0.187. The molecule has 0 bridgehead atoms. The number of rotatable bonds is 4. The number of carbonyl (C=O) groups is 1. The van der Waals surface area contributed by atoms with E-state index in [0.29, 0.717) is 18.9 Å². The van der Waals surface area contributed by atoms with E-state index in [0.717, 1.165) is 0 Å². The summed E-state index contributed by atoms with van der Waals surface area (Å²) in [5.41, 5.74) is 0. The second kappa shape index (κ2) is 6.59. The fraction of sp³-hybridized carbons (Fsp3) is 0.923. The van der Waals surface area contributed by atoms with Crippen LogP contribution in [-0.2, 0) is 4.79 Å². The molecule has 1 aliphatic rings. The molecule has 1 saturated heterocycles. The number of likely N-dealkylation sites (tertiary alicyclic amines) is 1. The summed E-state index contributed by atoms with van der Waals surface area (Å²) < 4.78 is 37.9. The molecule has 1 aliphatic heterocycles. The Bertz CT molecular complexity index is 305. The molecule has 0 spiro atoms. The third kappa shape index (κ3) is 5.38. The van der Waals surface area contributed by atoms with Gasteiger partial charge in [0.1, 0.15) is 0 Å². The smallest absolute Gasteiger partial charge is 0.352 e. The third-order valence-electron chi connectivity index (χ3n) is 3.72. The van der Waals surface area contributed by atoms with Crippen molar-refractivity contribution in [2.45, 2.75) is 45.8 Å². The number of alkyl halides is 3. The van der Waals surface area contributed by atoms with Gasteiger partial charge in [0, 0.05) is 12.6 Å². The third-order valence-corrected chi connectivity index (χ3v) is 3.72. The zero-order valence-corrected chi connectivity index (χ0v) is 11.8. The Balaban J connectivity index is 2.42. The summed E-state index contributed by atoms with van der Waals surface area (Å²) in [6, 6.07) is 0.0377. The largest absolute Gasteiger partial charge is 0.393 e. The number of halogens is 3. The van der Waals surface area contributed by atoms with Crippen LogP contribution in [0.15, 0.2) is 0 Å². The Hall–Kier alpha value is -0.780. The number of piperidine rings is 1. The summed E-state index contributed by atoms with van der Waals surface area (Å²) >= 11 is 0. The summed E-state index contributed by atoms with van der Waals surface area (Å²) in [6.45, 7) is 6.45. The molecule has 0 aromatic carbocycles. The topological polar surface area (TPSA) is 32.3 Å². The van der Waals surface area contributed by atoms with E-state index in [1.807, 2.05) is 20.8 Å². The van der Waals surface area contributed by atoms with E-state index in [2.05, 4.69) is 5.32 Å². The first-order valence-electron chi connectivity index (χ1n) is 6.78. The van der Waals surface area contributed by atoms with Crippen molar-refractivity contribution in [2.24, 2.45) is 11.8 Å². The quantitative estimate of drug-likeness (QED) is 0.857. The summed E-state index contributed by atoms with van der Waals surface area (Å²) in [5.74, 6) is -1.17. The molecular formula is C13H23F3N2O. The highest BCUT2D eigenvalue weighted by Gasteiger charge is 2.41. The Labute approximate surface area is 112 Å². The molecule has 0 radical (unpaired) electrons. The molecule has 1 N–H and O–H groups in total. The maximum Gasteiger partial charge on any atom is 0.393 e. The predicted molar refractivity (Wildman–Crippen MR) is 67.7 cm³/mol. The van der Waals surface area contributed by atoms with Crippen LogP contribution in [-0.4, -0.2) is 42.7 Å². The highest BCUT2D eigenvalue weighted by molar-refractivity contribution is 5.78. The molecule has 3 nitrogen and oxygen atoms in total. The lowest BCUT2D eigenvalue weighted by atomic mass is 9.97. The van der Waals surface area contributed by atoms with Crippen molar-refractivity contribution < 1.29 is 18.0 Å². The van der Waals surface area contributed by atoms with Crippen molar-refractivity contribution in [3.8, 4) is 0 Å². The zero-order chi connectivity index (χ0) is 14.6. The molecule has 6 heteroatoms. The zero-order valence-electron chi connectivity index (χ0n) is 11.8. The Morgan fingerprint density at radius 1 is 1.37 bits per heavy atom. The van der Waals surface area contributed by atoms with Crippen LogP contribution in [0.4, 0.5) is 13.2 Å². The molecule has 1 amide bonds. The predicted octanol–water partition coefficient (Wildman–Crippen LogP) is 2.42. The molecular weight excluding hydrogens is 257 g/mol. The number of nitrogens with zero attached hydrogens (tertiary/aromatic N) is 1. The minimum absolute atomic E-state index is 0.0377. The summed E-state index contributed by atoms with van der Waals surface area (Å²) in [6.07, 6.45) is -3.48. The maximum atomic E-state index is 12.6. The van der Waals surface area contributed by atoms with Crippen LogP contribution in [0.25, 0.3) is 0 Å². The van der Waals surface area contributed by atoms with E-state index >= 15 is 0 Å². The van der Waals surface area contributed by atoms with Crippen molar-refractivity contribution in [1.29, 1.82) is 0 Å². The average Bonchev–Trinajstić information content (AvgIpc) is 2.27. The Morgan fingerprint density at radius 2 is 2.00 bits per heavy atom. The number of nitrogens with one attached hydrogen (secondary N) is 1. The molecule has 2 atom stereocenters. The van der Waals surface area contributed by atoms with Crippen LogP contribution in [0.3, 0.4) is 0 Å². The molecule has 1 rings (SSSR count). The number of carbonyl (C=O) groups excluding carboxylic acids is 1. The first-order valence-corrected chi connectivity index (χ1v) is 6.78. The molecule has 19 heavy (non-hydrogen) atoms. The average molecular weight is 280 g/mol. The highest BCUT2D eigenvalue weighted by Crippen LogP contribution is 2.32. The SMILES string of the molecule is CC(C)[C@H](C)NC(=O)CN1CCC[C@H](C(F)(F)F)C1. The van der Waals surface area contributed by atoms with Crippen molar-refractivity contribution in [3.05, 3.63) is 0 Å². The van der Waals surface area contributed by atoms with E-state index in [4.69, 9.17) is 0 Å². The van der Waals surface area contributed by atoms with Crippen LogP contribution < -0.4 is 5.32 Å². The van der Waals surface area contributed by atoms with Gasteiger partial charge in [0.2, 0.25) is 5.91 Å². The molecule has 0 aliphatic carbocycles. The summed E-state index contributed by atoms with van der Waals surface area (Å²) in [4.78, 5) is 13.3. The van der Waals surface area contributed by atoms with Gasteiger partial charge in [0.05, 0.1) is 12.5 Å². The maximum absolute atomic E-state index is 12.6. The number of hydrogen-bond donors (Lipinski definition) is 1. The first kappa shape index (κ1) is 16.3. The van der Waals surface area contributed by atoms with E-state index in [1.165, 1.54) is 0 Å². The van der Waals surface area contributed by atoms with Gasteiger partial charge in [0.15, 0.2) is 0 Å². The van der Waals surface area contributed by atoms with E-state index in [-0.39, 0.29) is 31.5 Å². The molecule has 1 fully saturated rings. The number of amides is 1. The fourth-order valence-corrected chi connectivity index (χ4v) is 2.14. The first-order chi connectivity index (χ1) is 8.70. The standard InChI is InChI=1S/C13H23F3N2O/c1-9(2)10(3)17-12(19)8-18-6-4-5-11(7-18)13(14,15)16/h9-11H,4-8H2,1-3H3,(H,17,19)/t10-,11-/m0/s1. The minimum Gasteiger partial charge on any atom is -0.352 e. The van der Waals surface area contributed by atoms with Gasteiger partial charge in [-0.3, -0.25) is 9.69 Å². The second-order valence-electron chi connectivity index (χ2n) is 5.72. The van der Waals surface area contributed by atoms with Crippen molar-refractivity contribution >= 4 is 5.91 Å². The molecule has 0 unspecified atom stereocenters. The normalized spacial score (nSPS) is 23.4. The summed E-state index contributed by atoms with van der Waals surface area (Å²) in [5, 5.41) is 2.82. The van der Waals surface area contributed by atoms with Crippen LogP contribution in [0.1, 0.15) is 33.6 Å². The molecule has 0 aromatic heterocycles. The van der Waals surface area contributed by atoms with Gasteiger partial charge in [-0.15, -0.1) is 0 Å². The van der Waals surface area contributed by atoms with Gasteiger partial charge in [-0.1, -0.05) is 13.8 Å². The molecule has 0 aromatic rings. The van der Waals surface area contributed by atoms with Gasteiger partial charge >= 0.3 is 6.18 Å². The monoisotopic (exact) mass is 280 g/mol. The molecule has 0 saturated carbocycles. The van der Waals surface area contributed by atoms with Crippen LogP contribution in [0.2, 0.25) is 0 Å². The van der Waals surface area contributed by atoms with Gasteiger partial charge in [-0.05, 0) is 32.2 Å². The van der Waals surface area contributed by atoms with Crippen molar-refractivity contribution in [3.63, 3.8) is 0 Å². The lowest BCUT2D eigenvalue weighted by Crippen LogP contribution is -2.47. The Kier molecular flexibility index (Phi) is 5.64. The van der Waals surface area contributed by atoms with Crippen LogP contribution >= 0.6 is 0 Å². The van der Waals surface area contributed by atoms with E-state index in [1.54, 1.807) is 4.90 Å². The van der Waals surface area contributed by atoms with Crippen LogP contribution in [0, 0.1) is 11.8 Å². The van der Waals surface area contributed by atoms with E-state index < -0.39 is 12.1 Å². The summed E-state index contributed by atoms with van der Waals surface area (Å²) in [7, 11) is 0. The highest BCUT2D eigenvalue weighted by atomic mass is 19.4. The van der Waals surface area contributed by atoms with Crippen LogP contribution in [0.5, 0.6) is 0 Å². The van der Waals surface area contributed by atoms with Gasteiger partial charge in [-0.25, -0.2) is 0 Å². The van der Waals surface area contributed by atoms with E-state index in [9.17, 15) is 18.0 Å². The minimum atomic E-state index is -4.15. The van der Waals surface area contributed by atoms with Crippen molar-refractivity contribution in [1.82, 2.24) is 10.2 Å². The lowest BCUT2D eigenvalue weighted by Gasteiger charge is -2.33.